The zero-order valence-electron chi connectivity index (χ0n) is 12.7. The summed E-state index contributed by atoms with van der Waals surface area (Å²) in [5.41, 5.74) is 0. The van der Waals surface area contributed by atoms with E-state index in [1.165, 1.54) is 19.3 Å². The van der Waals surface area contributed by atoms with E-state index >= 15 is 0 Å². The lowest BCUT2D eigenvalue weighted by Gasteiger charge is -2.48. The van der Waals surface area contributed by atoms with Gasteiger partial charge in [0.05, 0.1) is 0 Å². The molecule has 3 aliphatic rings. The lowest BCUT2D eigenvalue weighted by atomic mass is 9.80. The van der Waals surface area contributed by atoms with Crippen molar-refractivity contribution in [2.24, 2.45) is 5.92 Å². The number of nitrogens with zero attached hydrogens (tertiary/aromatic N) is 2. The molecule has 3 fully saturated rings. The molecule has 2 amide bonds. The topological polar surface area (TPSA) is 40.6 Å². The third kappa shape index (κ3) is 2.04. The van der Waals surface area contributed by atoms with Crippen molar-refractivity contribution in [3.63, 3.8) is 0 Å². The second kappa shape index (κ2) is 5.38. The Morgan fingerprint density at radius 3 is 2.55 bits per heavy atom. The molecule has 2 saturated heterocycles. The normalized spacial score (nSPS) is 38.3. The fourth-order valence-corrected chi connectivity index (χ4v) is 4.49. The number of carbonyl (C=O) groups excluding carboxylic acids is 2. The first-order valence-corrected chi connectivity index (χ1v) is 8.27. The molecule has 2 aliphatic heterocycles. The van der Waals surface area contributed by atoms with Crippen molar-refractivity contribution in [3.05, 3.63) is 0 Å². The smallest absolute Gasteiger partial charge is 0.246 e. The predicted molar refractivity (Wildman–Crippen MR) is 77.1 cm³/mol. The van der Waals surface area contributed by atoms with Crippen molar-refractivity contribution in [1.82, 2.24) is 9.80 Å². The van der Waals surface area contributed by atoms with Crippen LogP contribution in [0.3, 0.4) is 0 Å². The predicted octanol–water partition coefficient (Wildman–Crippen LogP) is 2.18. The average molecular weight is 278 g/mol. The molecule has 112 valence electrons. The zero-order valence-corrected chi connectivity index (χ0v) is 12.7. The van der Waals surface area contributed by atoms with Gasteiger partial charge < -0.3 is 9.80 Å². The second-order valence-corrected chi connectivity index (χ2v) is 6.63. The van der Waals surface area contributed by atoms with Gasteiger partial charge in [-0.15, -0.1) is 0 Å². The van der Waals surface area contributed by atoms with Crippen LogP contribution in [0.15, 0.2) is 0 Å². The van der Waals surface area contributed by atoms with Crippen molar-refractivity contribution in [3.8, 4) is 0 Å². The van der Waals surface area contributed by atoms with Crippen LogP contribution in [0.5, 0.6) is 0 Å². The van der Waals surface area contributed by atoms with E-state index in [0.29, 0.717) is 12.0 Å². The average Bonchev–Trinajstić information content (AvgIpc) is 2.95. The van der Waals surface area contributed by atoms with Gasteiger partial charge >= 0.3 is 0 Å². The zero-order chi connectivity index (χ0) is 14.3. The van der Waals surface area contributed by atoms with Gasteiger partial charge in [0.25, 0.3) is 0 Å². The van der Waals surface area contributed by atoms with E-state index in [2.05, 4.69) is 6.92 Å². The highest BCUT2D eigenvalue weighted by Crippen LogP contribution is 2.36. The van der Waals surface area contributed by atoms with E-state index in [1.54, 1.807) is 0 Å². The third-order valence-corrected chi connectivity index (χ3v) is 5.60. The highest BCUT2D eigenvalue weighted by Gasteiger charge is 2.49. The van der Waals surface area contributed by atoms with Gasteiger partial charge in [0.2, 0.25) is 11.8 Å². The molecule has 4 heteroatoms. The Morgan fingerprint density at radius 2 is 1.80 bits per heavy atom. The number of hydrogen-bond acceptors (Lipinski definition) is 2. The molecule has 1 saturated carbocycles. The summed E-state index contributed by atoms with van der Waals surface area (Å²) in [6.07, 6.45) is 7.70. The van der Waals surface area contributed by atoms with Crippen LogP contribution in [-0.2, 0) is 9.59 Å². The summed E-state index contributed by atoms with van der Waals surface area (Å²) in [5.74, 6) is 0.975. The van der Waals surface area contributed by atoms with Gasteiger partial charge in [0, 0.05) is 12.6 Å². The van der Waals surface area contributed by atoms with E-state index in [4.69, 9.17) is 0 Å². The number of hydrogen-bond donors (Lipinski definition) is 0. The molecule has 0 radical (unpaired) electrons. The van der Waals surface area contributed by atoms with E-state index in [0.717, 1.165) is 32.2 Å². The quantitative estimate of drug-likeness (QED) is 0.777. The summed E-state index contributed by atoms with van der Waals surface area (Å²) in [4.78, 5) is 29.2. The lowest BCUT2D eigenvalue weighted by molar-refractivity contribution is -0.163. The van der Waals surface area contributed by atoms with Crippen molar-refractivity contribution < 1.29 is 9.59 Å². The number of amides is 2. The Bertz CT molecular complexity index is 409. The van der Waals surface area contributed by atoms with Crippen molar-refractivity contribution in [2.75, 3.05) is 6.54 Å². The van der Waals surface area contributed by atoms with Gasteiger partial charge in [-0.25, -0.2) is 0 Å². The molecule has 0 N–H and O–H groups in total. The van der Waals surface area contributed by atoms with Crippen molar-refractivity contribution >= 4 is 11.8 Å². The summed E-state index contributed by atoms with van der Waals surface area (Å²) in [6.45, 7) is 4.91. The molecule has 4 unspecified atom stereocenters. The maximum absolute atomic E-state index is 12.9. The number of fused-ring (bicyclic) bond motifs is 1. The van der Waals surface area contributed by atoms with Crippen LogP contribution in [0.4, 0.5) is 0 Å². The molecule has 3 rings (SSSR count). The summed E-state index contributed by atoms with van der Waals surface area (Å²) in [5, 5.41) is 0. The Kier molecular flexibility index (Phi) is 3.74. The summed E-state index contributed by atoms with van der Waals surface area (Å²) >= 11 is 0. The van der Waals surface area contributed by atoms with E-state index in [1.807, 2.05) is 16.7 Å². The first kappa shape index (κ1) is 13.9. The minimum Gasteiger partial charge on any atom is -0.329 e. The molecule has 0 spiro atoms. The van der Waals surface area contributed by atoms with Crippen LogP contribution in [0.25, 0.3) is 0 Å². The Hall–Kier alpha value is -1.06. The van der Waals surface area contributed by atoms with Crippen LogP contribution >= 0.6 is 0 Å². The molecular formula is C16H26N2O2. The van der Waals surface area contributed by atoms with Crippen LogP contribution in [0.1, 0.15) is 58.8 Å². The molecule has 0 aromatic rings. The maximum atomic E-state index is 12.9. The molecule has 2 heterocycles. The second-order valence-electron chi connectivity index (χ2n) is 6.63. The molecule has 0 aromatic carbocycles. The van der Waals surface area contributed by atoms with E-state index in [-0.39, 0.29) is 23.9 Å². The van der Waals surface area contributed by atoms with Gasteiger partial charge in [0.15, 0.2) is 0 Å². The third-order valence-electron chi connectivity index (χ3n) is 5.60. The molecular weight excluding hydrogens is 252 g/mol. The molecule has 4 atom stereocenters. The Morgan fingerprint density at radius 1 is 1.05 bits per heavy atom. The fourth-order valence-electron chi connectivity index (χ4n) is 4.49. The Labute approximate surface area is 121 Å². The fraction of sp³-hybridized carbons (Fsp3) is 0.875. The maximum Gasteiger partial charge on any atom is 0.246 e. The molecule has 20 heavy (non-hydrogen) atoms. The van der Waals surface area contributed by atoms with E-state index < -0.39 is 0 Å². The largest absolute Gasteiger partial charge is 0.329 e. The molecule has 0 bridgehead atoms. The first-order valence-electron chi connectivity index (χ1n) is 8.27. The Balaban J connectivity index is 1.87. The SMILES string of the molecule is CCC1CCCCC1N1C(=O)C2CCCN2C(=O)C1C. The van der Waals surface area contributed by atoms with Crippen LogP contribution in [-0.4, -0.2) is 46.3 Å². The van der Waals surface area contributed by atoms with Crippen LogP contribution < -0.4 is 0 Å². The number of rotatable bonds is 2. The minimum atomic E-state index is -0.256. The van der Waals surface area contributed by atoms with Crippen molar-refractivity contribution in [1.29, 1.82) is 0 Å². The van der Waals surface area contributed by atoms with Crippen LogP contribution in [0, 0.1) is 5.92 Å². The standard InChI is InChI=1S/C16H26N2O2/c1-3-12-7-4-5-8-13(12)18-11(2)15(19)17-10-6-9-14(17)16(18)20/h11-14H,3-10H2,1-2H3. The first-order chi connectivity index (χ1) is 9.65. The summed E-state index contributed by atoms with van der Waals surface area (Å²) < 4.78 is 0. The van der Waals surface area contributed by atoms with Gasteiger partial charge in [-0.1, -0.05) is 26.2 Å². The molecule has 4 nitrogen and oxygen atoms in total. The van der Waals surface area contributed by atoms with Crippen LogP contribution in [0.2, 0.25) is 0 Å². The number of carbonyl (C=O) groups is 2. The molecule has 1 aliphatic carbocycles. The summed E-state index contributed by atoms with van der Waals surface area (Å²) in [7, 11) is 0. The summed E-state index contributed by atoms with van der Waals surface area (Å²) in [6, 6.07) is -0.116. The number of piperazine rings is 1. The lowest BCUT2D eigenvalue weighted by Crippen LogP contribution is -2.65. The van der Waals surface area contributed by atoms with Crippen molar-refractivity contribution in [2.45, 2.75) is 76.9 Å². The van der Waals surface area contributed by atoms with Gasteiger partial charge in [0.1, 0.15) is 12.1 Å². The monoisotopic (exact) mass is 278 g/mol. The minimum absolute atomic E-state index is 0.155. The highest BCUT2D eigenvalue weighted by molar-refractivity contribution is 5.97. The van der Waals surface area contributed by atoms with E-state index in [9.17, 15) is 9.59 Å². The van der Waals surface area contributed by atoms with Gasteiger partial charge in [-0.2, -0.15) is 0 Å². The van der Waals surface area contributed by atoms with Gasteiger partial charge in [-0.05, 0) is 38.5 Å². The van der Waals surface area contributed by atoms with Gasteiger partial charge in [-0.3, -0.25) is 9.59 Å². The highest BCUT2D eigenvalue weighted by atomic mass is 16.2. The molecule has 0 aromatic heterocycles.